The maximum Gasteiger partial charge on any atom is 0.188 e. The van der Waals surface area contributed by atoms with Gasteiger partial charge in [-0.3, -0.25) is 5.41 Å². The molecule has 0 radical (unpaired) electrons. The quantitative estimate of drug-likeness (QED) is 0.357. The predicted octanol–water partition coefficient (Wildman–Crippen LogP) is -0.0763. The summed E-state index contributed by atoms with van der Waals surface area (Å²) in [4.78, 5) is 1.53. The maximum absolute atomic E-state index is 12.3. The second-order valence-corrected chi connectivity index (χ2v) is 2.22. The summed E-state index contributed by atoms with van der Waals surface area (Å²) in [6.07, 6.45) is -0.270. The standard InChI is InChI=1S/C5H10FN3/c6-4-1-2-9(3-4)5(7)8/h4H,1-3H2,(H3,7,8)/t4-/m0/s1. The van der Waals surface area contributed by atoms with E-state index in [1.54, 1.807) is 0 Å². The first-order valence-corrected chi connectivity index (χ1v) is 2.93. The van der Waals surface area contributed by atoms with Crippen molar-refractivity contribution in [3.8, 4) is 0 Å². The fourth-order valence-corrected chi connectivity index (χ4v) is 0.936. The lowest BCUT2D eigenvalue weighted by molar-refractivity contribution is 0.341. The molecule has 9 heavy (non-hydrogen) atoms. The van der Waals surface area contributed by atoms with Gasteiger partial charge in [0.2, 0.25) is 0 Å². The minimum atomic E-state index is -0.783. The molecule has 1 fully saturated rings. The van der Waals surface area contributed by atoms with Crippen LogP contribution in [0.15, 0.2) is 0 Å². The van der Waals surface area contributed by atoms with Crippen LogP contribution in [-0.2, 0) is 0 Å². The maximum atomic E-state index is 12.3. The van der Waals surface area contributed by atoms with Crippen molar-refractivity contribution >= 4 is 5.96 Å². The monoisotopic (exact) mass is 131 g/mol. The van der Waals surface area contributed by atoms with Crippen molar-refractivity contribution < 1.29 is 4.39 Å². The lowest BCUT2D eigenvalue weighted by atomic mass is 10.3. The Morgan fingerprint density at radius 2 is 2.44 bits per heavy atom. The van der Waals surface area contributed by atoms with Crippen molar-refractivity contribution in [2.75, 3.05) is 13.1 Å². The van der Waals surface area contributed by atoms with E-state index in [9.17, 15) is 4.39 Å². The highest BCUT2D eigenvalue weighted by molar-refractivity contribution is 5.74. The number of nitrogens with one attached hydrogen (secondary N) is 1. The second kappa shape index (κ2) is 2.21. The lowest BCUT2D eigenvalue weighted by Crippen LogP contribution is -2.34. The smallest absolute Gasteiger partial charge is 0.188 e. The fraction of sp³-hybridized carbons (Fsp3) is 0.800. The van der Waals surface area contributed by atoms with Crippen LogP contribution in [0.4, 0.5) is 4.39 Å². The van der Waals surface area contributed by atoms with E-state index in [1.807, 2.05) is 0 Å². The molecule has 1 aliphatic rings. The number of nitrogens with two attached hydrogens (primary N) is 1. The first kappa shape index (κ1) is 6.32. The van der Waals surface area contributed by atoms with Crippen LogP contribution in [0.2, 0.25) is 0 Å². The summed E-state index contributed by atoms with van der Waals surface area (Å²) in [6.45, 7) is 0.895. The van der Waals surface area contributed by atoms with Crippen LogP contribution in [-0.4, -0.2) is 30.1 Å². The molecule has 0 bridgehead atoms. The zero-order chi connectivity index (χ0) is 6.85. The van der Waals surface area contributed by atoms with Crippen molar-refractivity contribution in [1.29, 1.82) is 5.41 Å². The molecule has 4 heteroatoms. The van der Waals surface area contributed by atoms with Gasteiger partial charge in [-0.1, -0.05) is 0 Å². The molecule has 1 atom stereocenters. The number of halogens is 1. The van der Waals surface area contributed by atoms with Crippen LogP contribution in [0, 0.1) is 5.41 Å². The van der Waals surface area contributed by atoms with Gasteiger partial charge >= 0.3 is 0 Å². The lowest BCUT2D eigenvalue weighted by Gasteiger charge is -2.12. The van der Waals surface area contributed by atoms with Crippen molar-refractivity contribution in [2.24, 2.45) is 5.73 Å². The molecule has 52 valence electrons. The van der Waals surface area contributed by atoms with Crippen LogP contribution < -0.4 is 5.73 Å². The Hall–Kier alpha value is -0.800. The molecule has 0 aromatic carbocycles. The van der Waals surface area contributed by atoms with Gasteiger partial charge in [0.15, 0.2) is 5.96 Å². The minimum absolute atomic E-state index is 0.0184. The zero-order valence-electron chi connectivity index (χ0n) is 5.10. The molecular formula is C5H10FN3. The molecule has 0 aliphatic carbocycles. The van der Waals surface area contributed by atoms with Gasteiger partial charge in [0.1, 0.15) is 6.17 Å². The highest BCUT2D eigenvalue weighted by Crippen LogP contribution is 2.10. The van der Waals surface area contributed by atoms with Gasteiger partial charge in [-0.15, -0.1) is 0 Å². The summed E-state index contributed by atoms with van der Waals surface area (Å²) < 4.78 is 12.3. The number of alkyl halides is 1. The summed E-state index contributed by atoms with van der Waals surface area (Å²) in [5, 5.41) is 6.92. The molecule has 0 aromatic heterocycles. The summed E-state index contributed by atoms with van der Waals surface area (Å²) in [5.41, 5.74) is 5.10. The molecular weight excluding hydrogens is 121 g/mol. The van der Waals surface area contributed by atoms with Gasteiger partial charge in [0.25, 0.3) is 0 Å². The number of likely N-dealkylation sites (tertiary alicyclic amines) is 1. The van der Waals surface area contributed by atoms with Gasteiger partial charge in [0.05, 0.1) is 6.54 Å². The third kappa shape index (κ3) is 1.31. The van der Waals surface area contributed by atoms with Crippen molar-refractivity contribution in [3.05, 3.63) is 0 Å². The predicted molar refractivity (Wildman–Crippen MR) is 33.0 cm³/mol. The highest BCUT2D eigenvalue weighted by atomic mass is 19.1. The molecule has 0 aromatic rings. The molecule has 3 nitrogen and oxygen atoms in total. The fourth-order valence-electron chi connectivity index (χ4n) is 0.936. The third-order valence-electron chi connectivity index (χ3n) is 1.47. The summed E-state index contributed by atoms with van der Waals surface area (Å²) >= 11 is 0. The van der Waals surface area contributed by atoms with E-state index in [4.69, 9.17) is 11.1 Å². The Bertz CT molecular complexity index is 125. The third-order valence-corrected chi connectivity index (χ3v) is 1.47. The van der Waals surface area contributed by atoms with Crippen LogP contribution in [0.3, 0.4) is 0 Å². The Balaban J connectivity index is 2.39. The summed E-state index contributed by atoms with van der Waals surface area (Å²) in [6, 6.07) is 0. The van der Waals surface area contributed by atoms with Gasteiger partial charge < -0.3 is 10.6 Å². The molecule has 1 rings (SSSR count). The molecule has 1 aliphatic heterocycles. The molecule has 3 N–H and O–H groups in total. The summed E-state index contributed by atoms with van der Waals surface area (Å²) in [7, 11) is 0. The van der Waals surface area contributed by atoms with E-state index in [0.717, 1.165) is 0 Å². The number of guanidine groups is 1. The van der Waals surface area contributed by atoms with E-state index < -0.39 is 6.17 Å². The Morgan fingerprint density at radius 3 is 2.67 bits per heavy atom. The van der Waals surface area contributed by atoms with E-state index in [2.05, 4.69) is 0 Å². The average molecular weight is 131 g/mol. The summed E-state index contributed by atoms with van der Waals surface area (Å²) in [5.74, 6) is -0.0184. The SMILES string of the molecule is N=C(N)N1CC[C@H](F)C1. The van der Waals surface area contributed by atoms with Crippen molar-refractivity contribution in [2.45, 2.75) is 12.6 Å². The van der Waals surface area contributed by atoms with Crippen LogP contribution >= 0.6 is 0 Å². The van der Waals surface area contributed by atoms with Gasteiger partial charge in [-0.25, -0.2) is 4.39 Å². The molecule has 0 saturated carbocycles. The number of hydrogen-bond acceptors (Lipinski definition) is 1. The molecule has 0 amide bonds. The molecule has 1 heterocycles. The van der Waals surface area contributed by atoms with Gasteiger partial charge in [-0.2, -0.15) is 0 Å². The zero-order valence-corrected chi connectivity index (χ0v) is 5.10. The first-order valence-electron chi connectivity index (χ1n) is 2.93. The van der Waals surface area contributed by atoms with Gasteiger partial charge in [-0.05, 0) is 6.42 Å². The Kier molecular flexibility index (Phi) is 1.55. The number of nitrogens with zero attached hydrogens (tertiary/aromatic N) is 1. The van der Waals surface area contributed by atoms with Gasteiger partial charge in [0, 0.05) is 6.54 Å². The van der Waals surface area contributed by atoms with Crippen LogP contribution in [0.1, 0.15) is 6.42 Å². The van der Waals surface area contributed by atoms with E-state index in [1.165, 1.54) is 4.90 Å². The highest BCUT2D eigenvalue weighted by Gasteiger charge is 2.21. The largest absolute Gasteiger partial charge is 0.370 e. The topological polar surface area (TPSA) is 53.1 Å². The minimum Gasteiger partial charge on any atom is -0.370 e. The van der Waals surface area contributed by atoms with Crippen molar-refractivity contribution in [1.82, 2.24) is 4.90 Å². The Morgan fingerprint density at radius 1 is 1.78 bits per heavy atom. The van der Waals surface area contributed by atoms with Crippen LogP contribution in [0.25, 0.3) is 0 Å². The number of rotatable bonds is 0. The molecule has 1 saturated heterocycles. The average Bonchev–Trinajstić information content (AvgIpc) is 2.14. The normalized spacial score (nSPS) is 26.8. The van der Waals surface area contributed by atoms with Crippen molar-refractivity contribution in [3.63, 3.8) is 0 Å². The van der Waals surface area contributed by atoms with Crippen LogP contribution in [0.5, 0.6) is 0 Å². The molecule has 0 spiro atoms. The van der Waals surface area contributed by atoms with E-state index >= 15 is 0 Å². The second-order valence-electron chi connectivity index (χ2n) is 2.22. The molecule has 0 unspecified atom stereocenters. The van der Waals surface area contributed by atoms with E-state index in [-0.39, 0.29) is 5.96 Å². The number of hydrogen-bond donors (Lipinski definition) is 2. The van der Waals surface area contributed by atoms with E-state index in [0.29, 0.717) is 19.5 Å². The first-order chi connectivity index (χ1) is 4.20. The Labute approximate surface area is 53.1 Å².